The molecule has 2 heterocycles. The molecule has 27 heavy (non-hydrogen) atoms. The quantitative estimate of drug-likeness (QED) is 0.644. The highest BCUT2D eigenvalue weighted by Gasteiger charge is 2.07. The summed E-state index contributed by atoms with van der Waals surface area (Å²) in [5.41, 5.74) is 3.50. The molecule has 0 spiro atoms. The standard InChI is InChI=1S/C21H22N4O2/c1-27-19-4-2-16(3-5-19)8-12-24-21(26)20-14-18(9-13-23-20)25-15-17-6-10-22-11-7-17/h2-7,9-11,13-14H,8,12,15H2,1H3,(H,23,25)(H,24,26). The predicted octanol–water partition coefficient (Wildman–Crippen LogP) is 3.07. The molecular formula is C21H22N4O2. The number of carbonyl (C=O) groups excluding carboxylic acids is 1. The lowest BCUT2D eigenvalue weighted by Crippen LogP contribution is -2.26. The van der Waals surface area contributed by atoms with Gasteiger partial charge in [0.05, 0.1) is 7.11 Å². The zero-order valence-corrected chi connectivity index (χ0v) is 15.2. The van der Waals surface area contributed by atoms with Gasteiger partial charge in [-0.2, -0.15) is 0 Å². The molecule has 0 fully saturated rings. The van der Waals surface area contributed by atoms with Crippen molar-refractivity contribution in [3.63, 3.8) is 0 Å². The van der Waals surface area contributed by atoms with Gasteiger partial charge in [-0.05, 0) is 53.9 Å². The Hall–Kier alpha value is -3.41. The van der Waals surface area contributed by atoms with Crippen LogP contribution in [0.5, 0.6) is 5.75 Å². The lowest BCUT2D eigenvalue weighted by atomic mass is 10.1. The molecule has 2 aromatic heterocycles. The number of pyridine rings is 2. The molecular weight excluding hydrogens is 340 g/mol. The number of carbonyl (C=O) groups is 1. The third-order valence-corrected chi connectivity index (χ3v) is 4.10. The number of hydrogen-bond donors (Lipinski definition) is 2. The summed E-state index contributed by atoms with van der Waals surface area (Å²) in [7, 11) is 1.64. The molecule has 0 atom stereocenters. The Kier molecular flexibility index (Phi) is 6.35. The Morgan fingerprint density at radius 1 is 1.00 bits per heavy atom. The van der Waals surface area contributed by atoms with Crippen LogP contribution >= 0.6 is 0 Å². The van der Waals surface area contributed by atoms with E-state index in [-0.39, 0.29) is 5.91 Å². The van der Waals surface area contributed by atoms with Gasteiger partial charge in [0.1, 0.15) is 11.4 Å². The molecule has 1 aromatic carbocycles. The van der Waals surface area contributed by atoms with Gasteiger partial charge in [-0.25, -0.2) is 0 Å². The van der Waals surface area contributed by atoms with Crippen molar-refractivity contribution in [3.8, 4) is 5.75 Å². The molecule has 2 N–H and O–H groups in total. The maximum absolute atomic E-state index is 12.3. The summed E-state index contributed by atoms with van der Waals surface area (Å²) < 4.78 is 5.14. The van der Waals surface area contributed by atoms with Gasteiger partial charge in [0.2, 0.25) is 0 Å². The molecule has 6 nitrogen and oxygen atoms in total. The Morgan fingerprint density at radius 2 is 1.78 bits per heavy atom. The summed E-state index contributed by atoms with van der Waals surface area (Å²) in [6.07, 6.45) is 5.89. The van der Waals surface area contributed by atoms with Crippen molar-refractivity contribution in [2.24, 2.45) is 0 Å². The minimum atomic E-state index is -0.184. The maximum Gasteiger partial charge on any atom is 0.269 e. The minimum absolute atomic E-state index is 0.184. The second-order valence-corrected chi connectivity index (χ2v) is 5.99. The number of ether oxygens (including phenoxy) is 1. The summed E-state index contributed by atoms with van der Waals surface area (Å²) in [6, 6.07) is 15.3. The van der Waals surface area contributed by atoms with Crippen LogP contribution in [0.25, 0.3) is 0 Å². The van der Waals surface area contributed by atoms with Gasteiger partial charge in [-0.3, -0.25) is 14.8 Å². The van der Waals surface area contributed by atoms with E-state index in [2.05, 4.69) is 20.6 Å². The second-order valence-electron chi connectivity index (χ2n) is 5.99. The average molecular weight is 362 g/mol. The van der Waals surface area contributed by atoms with E-state index in [9.17, 15) is 4.79 Å². The zero-order chi connectivity index (χ0) is 18.9. The molecule has 0 unspecified atom stereocenters. The van der Waals surface area contributed by atoms with Crippen LogP contribution < -0.4 is 15.4 Å². The fraction of sp³-hybridized carbons (Fsp3) is 0.190. The number of nitrogens with zero attached hydrogens (tertiary/aromatic N) is 2. The summed E-state index contributed by atoms with van der Waals surface area (Å²) in [6.45, 7) is 1.20. The van der Waals surface area contributed by atoms with Crippen LogP contribution in [0.4, 0.5) is 5.69 Å². The van der Waals surface area contributed by atoms with Crippen molar-refractivity contribution in [2.75, 3.05) is 19.0 Å². The molecule has 0 aliphatic rings. The highest BCUT2D eigenvalue weighted by atomic mass is 16.5. The molecule has 0 saturated heterocycles. The Morgan fingerprint density at radius 3 is 2.52 bits per heavy atom. The number of nitrogens with one attached hydrogen (secondary N) is 2. The van der Waals surface area contributed by atoms with Gasteiger partial charge in [0, 0.05) is 37.4 Å². The van der Waals surface area contributed by atoms with Gasteiger partial charge in [0.25, 0.3) is 5.91 Å². The van der Waals surface area contributed by atoms with E-state index in [1.807, 2.05) is 42.5 Å². The van der Waals surface area contributed by atoms with Gasteiger partial charge in [-0.15, -0.1) is 0 Å². The van der Waals surface area contributed by atoms with E-state index in [0.29, 0.717) is 18.8 Å². The Bertz CT molecular complexity index is 867. The van der Waals surface area contributed by atoms with Gasteiger partial charge in [0.15, 0.2) is 0 Å². The number of amides is 1. The van der Waals surface area contributed by atoms with E-state index in [1.165, 1.54) is 0 Å². The number of benzene rings is 1. The monoisotopic (exact) mass is 362 g/mol. The predicted molar refractivity (Wildman–Crippen MR) is 105 cm³/mol. The Labute approximate surface area is 158 Å². The number of anilines is 1. The molecule has 138 valence electrons. The molecule has 0 bridgehead atoms. The van der Waals surface area contributed by atoms with Crippen LogP contribution in [0.1, 0.15) is 21.6 Å². The van der Waals surface area contributed by atoms with Crippen molar-refractivity contribution in [2.45, 2.75) is 13.0 Å². The van der Waals surface area contributed by atoms with Gasteiger partial charge < -0.3 is 15.4 Å². The molecule has 3 rings (SSSR count). The van der Waals surface area contributed by atoms with Crippen LogP contribution in [-0.2, 0) is 13.0 Å². The van der Waals surface area contributed by atoms with Crippen molar-refractivity contribution in [1.82, 2.24) is 15.3 Å². The third-order valence-electron chi connectivity index (χ3n) is 4.10. The number of hydrogen-bond acceptors (Lipinski definition) is 5. The first-order valence-electron chi connectivity index (χ1n) is 8.74. The van der Waals surface area contributed by atoms with Crippen molar-refractivity contribution in [3.05, 3.63) is 83.9 Å². The lowest BCUT2D eigenvalue weighted by Gasteiger charge is -2.09. The van der Waals surface area contributed by atoms with Crippen molar-refractivity contribution < 1.29 is 9.53 Å². The van der Waals surface area contributed by atoms with Gasteiger partial charge >= 0.3 is 0 Å². The van der Waals surface area contributed by atoms with E-state index in [4.69, 9.17) is 4.74 Å². The normalized spacial score (nSPS) is 10.3. The van der Waals surface area contributed by atoms with E-state index in [1.54, 1.807) is 31.8 Å². The van der Waals surface area contributed by atoms with Gasteiger partial charge in [-0.1, -0.05) is 12.1 Å². The van der Waals surface area contributed by atoms with Crippen molar-refractivity contribution >= 4 is 11.6 Å². The summed E-state index contributed by atoms with van der Waals surface area (Å²) in [5, 5.41) is 6.20. The minimum Gasteiger partial charge on any atom is -0.497 e. The third kappa shape index (κ3) is 5.54. The molecule has 0 saturated carbocycles. The highest BCUT2D eigenvalue weighted by molar-refractivity contribution is 5.93. The van der Waals surface area contributed by atoms with Crippen LogP contribution in [0.15, 0.2) is 67.1 Å². The van der Waals surface area contributed by atoms with Crippen LogP contribution in [0, 0.1) is 0 Å². The molecule has 0 aliphatic heterocycles. The maximum atomic E-state index is 12.3. The van der Waals surface area contributed by atoms with E-state index in [0.717, 1.165) is 29.0 Å². The summed E-state index contributed by atoms with van der Waals surface area (Å²) in [5.74, 6) is 0.638. The average Bonchev–Trinajstić information content (AvgIpc) is 2.73. The van der Waals surface area contributed by atoms with E-state index < -0.39 is 0 Å². The number of rotatable bonds is 8. The number of methoxy groups -OCH3 is 1. The molecule has 0 radical (unpaired) electrons. The summed E-state index contributed by atoms with van der Waals surface area (Å²) in [4.78, 5) is 20.5. The fourth-order valence-electron chi connectivity index (χ4n) is 2.57. The zero-order valence-electron chi connectivity index (χ0n) is 15.2. The molecule has 3 aromatic rings. The van der Waals surface area contributed by atoms with Crippen LogP contribution in [0.2, 0.25) is 0 Å². The topological polar surface area (TPSA) is 76.1 Å². The smallest absolute Gasteiger partial charge is 0.269 e. The van der Waals surface area contributed by atoms with Crippen LogP contribution in [-0.4, -0.2) is 29.5 Å². The first-order valence-corrected chi connectivity index (χ1v) is 8.74. The van der Waals surface area contributed by atoms with Crippen molar-refractivity contribution in [1.29, 1.82) is 0 Å². The fourth-order valence-corrected chi connectivity index (χ4v) is 2.57. The second kappa shape index (κ2) is 9.33. The molecule has 1 amide bonds. The Balaban J connectivity index is 1.50. The number of aromatic nitrogens is 2. The first-order chi connectivity index (χ1) is 13.2. The van der Waals surface area contributed by atoms with E-state index >= 15 is 0 Å². The first kappa shape index (κ1) is 18.4. The van der Waals surface area contributed by atoms with Crippen LogP contribution in [0.3, 0.4) is 0 Å². The summed E-state index contributed by atoms with van der Waals surface area (Å²) >= 11 is 0. The largest absolute Gasteiger partial charge is 0.497 e. The molecule has 0 aliphatic carbocycles. The highest BCUT2D eigenvalue weighted by Crippen LogP contribution is 2.12. The lowest BCUT2D eigenvalue weighted by molar-refractivity contribution is 0.0949. The molecule has 6 heteroatoms. The SMILES string of the molecule is COc1ccc(CCNC(=O)c2cc(NCc3ccncc3)ccn2)cc1.